The Balaban J connectivity index is 2.29. The van der Waals surface area contributed by atoms with Crippen molar-refractivity contribution in [2.75, 3.05) is 6.54 Å². The van der Waals surface area contributed by atoms with Crippen molar-refractivity contribution in [1.29, 1.82) is 0 Å². The Hall–Kier alpha value is -1.43. The lowest BCUT2D eigenvalue weighted by Gasteiger charge is -2.11. The zero-order valence-corrected chi connectivity index (χ0v) is 9.10. The SMILES string of the molecule is CCC(NCCc1ncn(C)n1)C(N)=O. The van der Waals surface area contributed by atoms with Crippen LogP contribution in [0.15, 0.2) is 6.33 Å². The number of carbonyl (C=O) groups is 1. The van der Waals surface area contributed by atoms with Crippen LogP contribution in [0.3, 0.4) is 0 Å². The second-order valence-electron chi connectivity index (χ2n) is 3.40. The van der Waals surface area contributed by atoms with E-state index in [1.807, 2.05) is 14.0 Å². The first-order chi connectivity index (χ1) is 7.13. The number of rotatable bonds is 6. The predicted molar refractivity (Wildman–Crippen MR) is 56.0 cm³/mol. The van der Waals surface area contributed by atoms with Crippen molar-refractivity contribution in [3.8, 4) is 0 Å². The third kappa shape index (κ3) is 3.67. The first-order valence-corrected chi connectivity index (χ1v) is 5.00. The van der Waals surface area contributed by atoms with E-state index in [2.05, 4.69) is 15.4 Å². The Bertz CT molecular complexity index is 322. The van der Waals surface area contributed by atoms with E-state index < -0.39 is 0 Å². The number of hydrogen-bond acceptors (Lipinski definition) is 4. The zero-order valence-electron chi connectivity index (χ0n) is 9.10. The average Bonchev–Trinajstić information content (AvgIpc) is 2.58. The summed E-state index contributed by atoms with van der Waals surface area (Å²) in [5, 5.41) is 7.19. The summed E-state index contributed by atoms with van der Waals surface area (Å²) in [6.07, 6.45) is 3.05. The lowest BCUT2D eigenvalue weighted by Crippen LogP contribution is -2.41. The summed E-state index contributed by atoms with van der Waals surface area (Å²) in [7, 11) is 1.82. The van der Waals surface area contributed by atoms with Gasteiger partial charge in [-0.15, -0.1) is 0 Å². The van der Waals surface area contributed by atoms with Crippen molar-refractivity contribution < 1.29 is 4.79 Å². The normalized spacial score (nSPS) is 12.7. The summed E-state index contributed by atoms with van der Waals surface area (Å²) in [6, 6.07) is -0.256. The Labute approximate surface area is 88.9 Å². The van der Waals surface area contributed by atoms with Crippen molar-refractivity contribution in [2.24, 2.45) is 12.8 Å². The van der Waals surface area contributed by atoms with Gasteiger partial charge in [-0.1, -0.05) is 6.92 Å². The van der Waals surface area contributed by atoms with Gasteiger partial charge in [0.2, 0.25) is 5.91 Å². The molecule has 1 aromatic rings. The highest BCUT2D eigenvalue weighted by atomic mass is 16.1. The van der Waals surface area contributed by atoms with Crippen molar-refractivity contribution in [2.45, 2.75) is 25.8 Å². The quantitative estimate of drug-likeness (QED) is 0.645. The summed E-state index contributed by atoms with van der Waals surface area (Å²) in [5.41, 5.74) is 5.19. The third-order valence-corrected chi connectivity index (χ3v) is 2.14. The van der Waals surface area contributed by atoms with E-state index in [0.29, 0.717) is 19.4 Å². The molecule has 1 heterocycles. The Kier molecular flexibility index (Phi) is 4.23. The molecule has 1 aromatic heterocycles. The van der Waals surface area contributed by atoms with E-state index in [1.165, 1.54) is 0 Å². The van der Waals surface area contributed by atoms with E-state index in [0.717, 1.165) is 5.82 Å². The summed E-state index contributed by atoms with van der Waals surface area (Å²) in [4.78, 5) is 15.0. The maximum Gasteiger partial charge on any atom is 0.234 e. The van der Waals surface area contributed by atoms with Gasteiger partial charge in [-0.3, -0.25) is 9.48 Å². The average molecular weight is 211 g/mol. The molecule has 0 aliphatic rings. The molecule has 0 aliphatic carbocycles. The largest absolute Gasteiger partial charge is 0.368 e. The van der Waals surface area contributed by atoms with Gasteiger partial charge in [0.05, 0.1) is 6.04 Å². The van der Waals surface area contributed by atoms with Crippen LogP contribution in [-0.4, -0.2) is 33.3 Å². The van der Waals surface area contributed by atoms with Gasteiger partial charge in [0.15, 0.2) is 5.82 Å². The number of nitrogens with zero attached hydrogens (tertiary/aromatic N) is 3. The molecule has 3 N–H and O–H groups in total. The molecule has 1 atom stereocenters. The fourth-order valence-electron chi connectivity index (χ4n) is 1.30. The molecule has 0 radical (unpaired) electrons. The molecule has 6 nitrogen and oxygen atoms in total. The van der Waals surface area contributed by atoms with Gasteiger partial charge in [0.25, 0.3) is 0 Å². The van der Waals surface area contributed by atoms with Crippen LogP contribution >= 0.6 is 0 Å². The van der Waals surface area contributed by atoms with Gasteiger partial charge < -0.3 is 11.1 Å². The van der Waals surface area contributed by atoms with E-state index in [4.69, 9.17) is 5.73 Å². The first-order valence-electron chi connectivity index (χ1n) is 5.00. The van der Waals surface area contributed by atoms with Gasteiger partial charge in [-0.2, -0.15) is 5.10 Å². The number of amides is 1. The standard InChI is InChI=1S/C9H17N5O/c1-3-7(9(10)15)11-5-4-8-12-6-14(2)13-8/h6-7,11H,3-5H2,1-2H3,(H2,10,15). The lowest BCUT2D eigenvalue weighted by atomic mass is 10.2. The summed E-state index contributed by atoms with van der Waals surface area (Å²) in [6.45, 7) is 2.58. The van der Waals surface area contributed by atoms with E-state index in [9.17, 15) is 4.79 Å². The smallest absolute Gasteiger partial charge is 0.234 e. The van der Waals surface area contributed by atoms with Crippen molar-refractivity contribution in [3.63, 3.8) is 0 Å². The molecule has 1 amide bonds. The molecule has 0 bridgehead atoms. The van der Waals surface area contributed by atoms with Gasteiger partial charge in [-0.25, -0.2) is 4.98 Å². The minimum Gasteiger partial charge on any atom is -0.368 e. The van der Waals surface area contributed by atoms with Gasteiger partial charge in [-0.05, 0) is 6.42 Å². The van der Waals surface area contributed by atoms with Crippen LogP contribution in [-0.2, 0) is 18.3 Å². The highest BCUT2D eigenvalue weighted by Crippen LogP contribution is 1.92. The van der Waals surface area contributed by atoms with Gasteiger partial charge in [0.1, 0.15) is 6.33 Å². The zero-order chi connectivity index (χ0) is 11.3. The topological polar surface area (TPSA) is 85.8 Å². The molecule has 0 aliphatic heterocycles. The molecule has 84 valence electrons. The van der Waals surface area contributed by atoms with Crippen LogP contribution in [0, 0.1) is 0 Å². The summed E-state index contributed by atoms with van der Waals surface area (Å²) in [5.74, 6) is 0.454. The molecule has 15 heavy (non-hydrogen) atoms. The van der Waals surface area contributed by atoms with Crippen LogP contribution in [0.4, 0.5) is 0 Å². The molecule has 0 saturated carbocycles. The second kappa shape index (κ2) is 5.45. The molecule has 0 saturated heterocycles. The first kappa shape index (κ1) is 11.6. The van der Waals surface area contributed by atoms with E-state index >= 15 is 0 Å². The third-order valence-electron chi connectivity index (χ3n) is 2.14. The number of nitrogens with two attached hydrogens (primary N) is 1. The molecule has 0 fully saturated rings. The molecule has 0 spiro atoms. The van der Waals surface area contributed by atoms with Crippen LogP contribution in [0.25, 0.3) is 0 Å². The predicted octanol–water partition coefficient (Wildman–Crippen LogP) is -0.789. The Morgan fingerprint density at radius 1 is 1.73 bits per heavy atom. The number of carbonyl (C=O) groups excluding carboxylic acids is 1. The maximum atomic E-state index is 10.9. The lowest BCUT2D eigenvalue weighted by molar-refractivity contribution is -0.120. The Morgan fingerprint density at radius 3 is 2.93 bits per heavy atom. The van der Waals surface area contributed by atoms with Crippen LogP contribution in [0.1, 0.15) is 19.2 Å². The molecule has 1 unspecified atom stereocenters. The summed E-state index contributed by atoms with van der Waals surface area (Å²) >= 11 is 0. The number of hydrogen-bond donors (Lipinski definition) is 2. The molecule has 1 rings (SSSR count). The number of aromatic nitrogens is 3. The van der Waals surface area contributed by atoms with Crippen molar-refractivity contribution >= 4 is 5.91 Å². The van der Waals surface area contributed by atoms with Crippen LogP contribution < -0.4 is 11.1 Å². The minimum absolute atomic E-state index is 0.256. The number of nitrogens with one attached hydrogen (secondary N) is 1. The number of primary amides is 1. The van der Waals surface area contributed by atoms with Crippen molar-refractivity contribution in [1.82, 2.24) is 20.1 Å². The highest BCUT2D eigenvalue weighted by molar-refractivity contribution is 5.79. The van der Waals surface area contributed by atoms with Gasteiger partial charge in [0, 0.05) is 20.0 Å². The number of aryl methyl sites for hydroxylation is 1. The molecule has 6 heteroatoms. The minimum atomic E-state index is -0.313. The highest BCUT2D eigenvalue weighted by Gasteiger charge is 2.11. The second-order valence-corrected chi connectivity index (χ2v) is 3.40. The monoisotopic (exact) mass is 211 g/mol. The van der Waals surface area contributed by atoms with Gasteiger partial charge >= 0.3 is 0 Å². The maximum absolute atomic E-state index is 10.9. The molecular weight excluding hydrogens is 194 g/mol. The fourth-order valence-corrected chi connectivity index (χ4v) is 1.30. The van der Waals surface area contributed by atoms with E-state index in [1.54, 1.807) is 11.0 Å². The molecular formula is C9H17N5O. The fraction of sp³-hybridized carbons (Fsp3) is 0.667. The van der Waals surface area contributed by atoms with Crippen molar-refractivity contribution in [3.05, 3.63) is 12.2 Å². The van der Waals surface area contributed by atoms with Crippen LogP contribution in [0.2, 0.25) is 0 Å². The van der Waals surface area contributed by atoms with E-state index in [-0.39, 0.29) is 11.9 Å². The van der Waals surface area contributed by atoms with Crippen LogP contribution in [0.5, 0.6) is 0 Å². The summed E-state index contributed by atoms with van der Waals surface area (Å²) < 4.78 is 1.65. The Morgan fingerprint density at radius 2 is 2.47 bits per heavy atom. The molecule has 0 aromatic carbocycles.